The number of carbonyl (C=O) groups is 1. The number of nitrogens with zero attached hydrogens (tertiary/aromatic N) is 1. The molecule has 0 bridgehead atoms. The second-order valence-electron chi connectivity index (χ2n) is 3.31. The first-order valence-corrected chi connectivity index (χ1v) is 4.67. The molecule has 0 radical (unpaired) electrons. The molecule has 0 aliphatic heterocycles. The van der Waals surface area contributed by atoms with Gasteiger partial charge in [-0.1, -0.05) is 18.2 Å². The molecule has 1 aromatic carbocycles. The number of hydrogen-bond donors (Lipinski definition) is 0. The van der Waals surface area contributed by atoms with E-state index >= 15 is 0 Å². The molecule has 0 aliphatic rings. The van der Waals surface area contributed by atoms with E-state index < -0.39 is 0 Å². The molecule has 0 fully saturated rings. The average molecular weight is 205 g/mol. The lowest BCUT2D eigenvalue weighted by Crippen LogP contribution is -2.09. The number of rotatable bonds is 3. The van der Waals surface area contributed by atoms with Crippen molar-refractivity contribution in [3.8, 4) is 0 Å². The summed E-state index contributed by atoms with van der Waals surface area (Å²) in [5.74, 6) is -0.344. The fourth-order valence-electron chi connectivity index (χ4n) is 1.26. The third kappa shape index (κ3) is 3.13. The number of carbonyl (C=O) groups excluding carboxylic acids is 1. The van der Waals surface area contributed by atoms with E-state index in [0.29, 0.717) is 0 Å². The van der Waals surface area contributed by atoms with Crippen molar-refractivity contribution in [2.24, 2.45) is 0 Å². The van der Waals surface area contributed by atoms with Crippen molar-refractivity contribution in [2.45, 2.75) is 0 Å². The first-order valence-electron chi connectivity index (χ1n) is 4.67. The summed E-state index contributed by atoms with van der Waals surface area (Å²) >= 11 is 0. The molecule has 0 heterocycles. The summed E-state index contributed by atoms with van der Waals surface area (Å²) in [6.07, 6.45) is 3.17. The van der Waals surface area contributed by atoms with Crippen molar-refractivity contribution >= 4 is 17.7 Å². The summed E-state index contributed by atoms with van der Waals surface area (Å²) in [4.78, 5) is 12.9. The first-order chi connectivity index (χ1) is 7.15. The van der Waals surface area contributed by atoms with Gasteiger partial charge in [0.15, 0.2) is 0 Å². The van der Waals surface area contributed by atoms with E-state index in [1.54, 1.807) is 6.08 Å². The highest BCUT2D eigenvalue weighted by Crippen LogP contribution is 2.19. The molecule has 0 saturated heterocycles. The van der Waals surface area contributed by atoms with Crippen LogP contribution < -0.4 is 4.90 Å². The lowest BCUT2D eigenvalue weighted by molar-refractivity contribution is -0.134. The largest absolute Gasteiger partial charge is 0.466 e. The third-order valence-corrected chi connectivity index (χ3v) is 2.02. The highest BCUT2D eigenvalue weighted by Gasteiger charge is 2.00. The van der Waals surface area contributed by atoms with Gasteiger partial charge < -0.3 is 9.64 Å². The Balaban J connectivity index is 2.94. The molecule has 1 aromatic rings. The fraction of sp³-hybridized carbons (Fsp3) is 0.250. The van der Waals surface area contributed by atoms with Gasteiger partial charge in [-0.05, 0) is 17.7 Å². The maximum absolute atomic E-state index is 10.9. The van der Waals surface area contributed by atoms with Gasteiger partial charge >= 0.3 is 5.97 Å². The minimum Gasteiger partial charge on any atom is -0.466 e. The molecule has 0 saturated carbocycles. The normalized spacial score (nSPS) is 10.3. The molecule has 1 rings (SSSR count). The number of hydrogen-bond acceptors (Lipinski definition) is 3. The van der Waals surface area contributed by atoms with Crippen LogP contribution in [0.1, 0.15) is 5.56 Å². The molecule has 0 unspecified atom stereocenters. The van der Waals surface area contributed by atoms with Crippen molar-refractivity contribution in [2.75, 3.05) is 26.1 Å². The van der Waals surface area contributed by atoms with Gasteiger partial charge in [0.25, 0.3) is 0 Å². The van der Waals surface area contributed by atoms with Crippen LogP contribution >= 0.6 is 0 Å². The van der Waals surface area contributed by atoms with Gasteiger partial charge in [-0.15, -0.1) is 0 Å². The summed E-state index contributed by atoms with van der Waals surface area (Å²) in [6.45, 7) is 0. The molecule has 0 aromatic heterocycles. The highest BCUT2D eigenvalue weighted by molar-refractivity contribution is 5.88. The van der Waals surface area contributed by atoms with E-state index in [0.717, 1.165) is 11.3 Å². The smallest absolute Gasteiger partial charge is 0.330 e. The minimum absolute atomic E-state index is 0.344. The summed E-state index contributed by atoms with van der Waals surface area (Å²) < 4.78 is 4.53. The van der Waals surface area contributed by atoms with Crippen molar-refractivity contribution < 1.29 is 9.53 Å². The SMILES string of the molecule is COC(=O)/C=C/c1ccccc1N(C)C. The molecule has 0 amide bonds. The van der Waals surface area contributed by atoms with E-state index in [1.165, 1.54) is 13.2 Å². The number of esters is 1. The molecule has 3 heteroatoms. The Morgan fingerprint density at radius 2 is 2.00 bits per heavy atom. The van der Waals surface area contributed by atoms with Gasteiger partial charge in [0.1, 0.15) is 0 Å². The van der Waals surface area contributed by atoms with Gasteiger partial charge in [-0.2, -0.15) is 0 Å². The molecule has 0 N–H and O–H groups in total. The number of benzene rings is 1. The molecule has 0 spiro atoms. The molecular weight excluding hydrogens is 190 g/mol. The number of para-hydroxylation sites is 1. The summed E-state index contributed by atoms with van der Waals surface area (Å²) in [5.41, 5.74) is 2.06. The summed E-state index contributed by atoms with van der Waals surface area (Å²) in [6, 6.07) is 7.85. The standard InChI is InChI=1S/C12H15NO2/c1-13(2)11-7-5-4-6-10(11)8-9-12(14)15-3/h4-9H,1-3H3/b9-8+. The molecule has 0 aliphatic carbocycles. The van der Waals surface area contributed by atoms with Crippen molar-refractivity contribution in [1.29, 1.82) is 0 Å². The van der Waals surface area contributed by atoms with Crippen LogP contribution in [0.3, 0.4) is 0 Å². The zero-order valence-electron chi connectivity index (χ0n) is 9.23. The Hall–Kier alpha value is -1.77. The highest BCUT2D eigenvalue weighted by atomic mass is 16.5. The van der Waals surface area contributed by atoms with Crippen molar-refractivity contribution in [3.05, 3.63) is 35.9 Å². The number of ether oxygens (including phenoxy) is 1. The molecule has 3 nitrogen and oxygen atoms in total. The summed E-state index contributed by atoms with van der Waals surface area (Å²) in [5, 5.41) is 0. The maximum atomic E-state index is 10.9. The van der Waals surface area contributed by atoms with Crippen LogP contribution in [0.15, 0.2) is 30.3 Å². The minimum atomic E-state index is -0.344. The van der Waals surface area contributed by atoms with Crippen LogP contribution in [0.25, 0.3) is 6.08 Å². The molecular formula is C12H15NO2. The predicted molar refractivity (Wildman–Crippen MR) is 61.8 cm³/mol. The van der Waals surface area contributed by atoms with Crippen LogP contribution in [0.5, 0.6) is 0 Å². The zero-order valence-corrected chi connectivity index (χ0v) is 9.23. The van der Waals surface area contributed by atoms with E-state index in [9.17, 15) is 4.79 Å². The van der Waals surface area contributed by atoms with Crippen LogP contribution in [0, 0.1) is 0 Å². The number of methoxy groups -OCH3 is 1. The van der Waals surface area contributed by atoms with E-state index in [-0.39, 0.29) is 5.97 Å². The number of anilines is 1. The van der Waals surface area contributed by atoms with E-state index in [1.807, 2.05) is 43.3 Å². The van der Waals surface area contributed by atoms with Gasteiger partial charge in [-0.3, -0.25) is 0 Å². The predicted octanol–water partition coefficient (Wildman–Crippen LogP) is 1.94. The Morgan fingerprint density at radius 3 is 2.60 bits per heavy atom. The summed E-state index contributed by atoms with van der Waals surface area (Å²) in [7, 11) is 5.29. The Labute approximate surface area is 90.0 Å². The van der Waals surface area contributed by atoms with Gasteiger partial charge in [0.2, 0.25) is 0 Å². The molecule has 80 valence electrons. The quantitative estimate of drug-likeness (QED) is 0.558. The Morgan fingerprint density at radius 1 is 1.33 bits per heavy atom. The average Bonchev–Trinajstić information content (AvgIpc) is 2.26. The van der Waals surface area contributed by atoms with E-state index in [2.05, 4.69) is 4.74 Å². The lowest BCUT2D eigenvalue weighted by atomic mass is 10.1. The monoisotopic (exact) mass is 205 g/mol. The van der Waals surface area contributed by atoms with E-state index in [4.69, 9.17) is 0 Å². The lowest BCUT2D eigenvalue weighted by Gasteiger charge is -2.14. The van der Waals surface area contributed by atoms with Crippen LogP contribution in [-0.4, -0.2) is 27.2 Å². The molecule has 0 atom stereocenters. The van der Waals surface area contributed by atoms with Crippen LogP contribution in [0.2, 0.25) is 0 Å². The Kier molecular flexibility index (Phi) is 3.92. The molecule has 15 heavy (non-hydrogen) atoms. The Bertz CT molecular complexity index is 370. The van der Waals surface area contributed by atoms with Gasteiger partial charge in [0.05, 0.1) is 7.11 Å². The van der Waals surface area contributed by atoms with Crippen molar-refractivity contribution in [3.63, 3.8) is 0 Å². The zero-order chi connectivity index (χ0) is 11.3. The van der Waals surface area contributed by atoms with Gasteiger partial charge in [-0.25, -0.2) is 4.79 Å². The topological polar surface area (TPSA) is 29.5 Å². The van der Waals surface area contributed by atoms with Crippen LogP contribution in [0.4, 0.5) is 5.69 Å². The maximum Gasteiger partial charge on any atom is 0.330 e. The van der Waals surface area contributed by atoms with Crippen LogP contribution in [-0.2, 0) is 9.53 Å². The van der Waals surface area contributed by atoms with Crippen molar-refractivity contribution in [1.82, 2.24) is 0 Å². The third-order valence-electron chi connectivity index (χ3n) is 2.02. The second kappa shape index (κ2) is 5.20. The first kappa shape index (κ1) is 11.3. The van der Waals surface area contributed by atoms with Gasteiger partial charge in [0, 0.05) is 25.9 Å². The second-order valence-corrected chi connectivity index (χ2v) is 3.31. The fourth-order valence-corrected chi connectivity index (χ4v) is 1.26.